The van der Waals surface area contributed by atoms with E-state index >= 15 is 0 Å². The molecule has 12 heavy (non-hydrogen) atoms. The molecule has 0 heterocycles. The summed E-state index contributed by atoms with van der Waals surface area (Å²) < 4.78 is 12.6. The van der Waals surface area contributed by atoms with Crippen molar-refractivity contribution in [2.45, 2.75) is 13.8 Å². The van der Waals surface area contributed by atoms with E-state index < -0.39 is 10.8 Å². The summed E-state index contributed by atoms with van der Waals surface area (Å²) in [7, 11) is 0. The van der Waals surface area contributed by atoms with E-state index in [4.69, 9.17) is 0 Å². The molecule has 0 spiro atoms. The maximum atomic E-state index is 12.6. The predicted octanol–water partition coefficient (Wildman–Crippen LogP) is 2.60. The van der Waals surface area contributed by atoms with E-state index in [1.807, 2.05) is 0 Å². The second-order valence-corrected chi connectivity index (χ2v) is 2.12. The van der Waals surface area contributed by atoms with Gasteiger partial charge in [0, 0.05) is 13.0 Å². The van der Waals surface area contributed by atoms with Crippen molar-refractivity contribution < 1.29 is 9.31 Å². The van der Waals surface area contributed by atoms with Crippen LogP contribution in [0.25, 0.3) is 0 Å². The van der Waals surface area contributed by atoms with Gasteiger partial charge in [-0.25, -0.2) is 4.39 Å². The van der Waals surface area contributed by atoms with E-state index in [2.05, 4.69) is 0 Å². The van der Waals surface area contributed by atoms with E-state index in [0.717, 1.165) is 12.2 Å². The molecule has 0 fully saturated rings. The first kappa shape index (κ1) is 10.6. The maximum Gasteiger partial charge on any atom is 0.246 e. The third-order valence-electron chi connectivity index (χ3n) is 1.08. The summed E-state index contributed by atoms with van der Waals surface area (Å²) >= 11 is 0. The van der Waals surface area contributed by atoms with E-state index in [1.165, 1.54) is 13.0 Å². The molecule has 0 aromatic heterocycles. The largest absolute Gasteiger partial charge is 0.259 e. The lowest BCUT2D eigenvalue weighted by molar-refractivity contribution is -0.424. The standard InChI is InChI=1S/C8H10FNO2/c1-3-4-5-8(9)6-7(2)10(11)12/h3-6H,1-2H3/b4-3-,7-6+,8-5+. The van der Waals surface area contributed by atoms with Gasteiger partial charge in [-0.2, -0.15) is 0 Å². The number of hydrogen-bond acceptors (Lipinski definition) is 2. The Bertz CT molecular complexity index is 254. The van der Waals surface area contributed by atoms with E-state index in [9.17, 15) is 14.5 Å². The molecule has 0 aliphatic rings. The lowest BCUT2D eigenvalue weighted by Gasteiger charge is -1.87. The van der Waals surface area contributed by atoms with E-state index in [1.54, 1.807) is 13.0 Å². The molecule has 0 aliphatic heterocycles. The molecule has 0 atom stereocenters. The first-order valence-electron chi connectivity index (χ1n) is 3.39. The van der Waals surface area contributed by atoms with Crippen LogP contribution < -0.4 is 0 Å². The zero-order valence-electron chi connectivity index (χ0n) is 6.95. The summed E-state index contributed by atoms with van der Waals surface area (Å²) in [4.78, 5) is 9.40. The van der Waals surface area contributed by atoms with Gasteiger partial charge in [-0.15, -0.1) is 0 Å². The second-order valence-electron chi connectivity index (χ2n) is 2.12. The molecular formula is C8H10FNO2. The van der Waals surface area contributed by atoms with Crippen molar-refractivity contribution in [1.29, 1.82) is 0 Å². The van der Waals surface area contributed by atoms with Gasteiger partial charge in [-0.1, -0.05) is 12.2 Å². The summed E-state index contributed by atoms with van der Waals surface area (Å²) in [5, 5.41) is 10.0. The Hall–Kier alpha value is -1.45. The molecule has 4 heteroatoms. The molecule has 3 nitrogen and oxygen atoms in total. The molecule has 66 valence electrons. The molecule has 0 aromatic rings. The molecular weight excluding hydrogens is 161 g/mol. The Morgan fingerprint density at radius 1 is 1.58 bits per heavy atom. The molecule has 0 saturated heterocycles. The highest BCUT2D eigenvalue weighted by atomic mass is 19.1. The van der Waals surface area contributed by atoms with Crippen molar-refractivity contribution in [2.24, 2.45) is 0 Å². The van der Waals surface area contributed by atoms with Crippen molar-refractivity contribution in [1.82, 2.24) is 0 Å². The van der Waals surface area contributed by atoms with Crippen LogP contribution in [0.1, 0.15) is 13.8 Å². The van der Waals surface area contributed by atoms with Gasteiger partial charge in [0.05, 0.1) is 4.92 Å². The quantitative estimate of drug-likeness (QED) is 0.372. The molecule has 0 amide bonds. The van der Waals surface area contributed by atoms with Crippen LogP contribution in [-0.4, -0.2) is 4.92 Å². The highest BCUT2D eigenvalue weighted by Gasteiger charge is 2.01. The summed E-state index contributed by atoms with van der Waals surface area (Å²) in [5.41, 5.74) is -0.215. The van der Waals surface area contributed by atoms with Gasteiger partial charge in [0.15, 0.2) is 0 Å². The van der Waals surface area contributed by atoms with Crippen LogP contribution in [0.3, 0.4) is 0 Å². The average molecular weight is 171 g/mol. The second kappa shape index (κ2) is 5.23. The minimum atomic E-state index is -0.636. The van der Waals surface area contributed by atoms with Crippen LogP contribution in [0, 0.1) is 10.1 Å². The van der Waals surface area contributed by atoms with Crippen molar-refractivity contribution in [3.05, 3.63) is 45.9 Å². The zero-order chi connectivity index (χ0) is 9.56. The molecule has 0 saturated carbocycles. The van der Waals surface area contributed by atoms with Gasteiger partial charge in [0.1, 0.15) is 5.83 Å². The number of rotatable bonds is 3. The van der Waals surface area contributed by atoms with Crippen LogP contribution in [0.4, 0.5) is 4.39 Å². The smallest absolute Gasteiger partial charge is 0.246 e. The first-order valence-corrected chi connectivity index (χ1v) is 3.39. The number of hydrogen-bond donors (Lipinski definition) is 0. The number of allylic oxidation sites excluding steroid dienone is 6. The van der Waals surface area contributed by atoms with Crippen LogP contribution in [0.2, 0.25) is 0 Å². The van der Waals surface area contributed by atoms with Crippen LogP contribution in [0.15, 0.2) is 35.8 Å². The van der Waals surface area contributed by atoms with Gasteiger partial charge in [-0.05, 0) is 13.0 Å². The summed E-state index contributed by atoms with van der Waals surface area (Å²) in [5.74, 6) is -0.623. The molecule has 0 unspecified atom stereocenters. The van der Waals surface area contributed by atoms with Crippen LogP contribution in [-0.2, 0) is 0 Å². The highest BCUT2D eigenvalue weighted by molar-refractivity contribution is 5.18. The minimum absolute atomic E-state index is 0.215. The highest BCUT2D eigenvalue weighted by Crippen LogP contribution is 2.04. The normalized spacial score (nSPS) is 13.9. The van der Waals surface area contributed by atoms with Gasteiger partial charge < -0.3 is 0 Å². The van der Waals surface area contributed by atoms with Gasteiger partial charge in [-0.3, -0.25) is 10.1 Å². The zero-order valence-corrected chi connectivity index (χ0v) is 6.95. The Labute approximate surface area is 70.0 Å². The van der Waals surface area contributed by atoms with Crippen LogP contribution in [0.5, 0.6) is 0 Å². The number of nitrogens with zero attached hydrogens (tertiary/aromatic N) is 1. The summed E-state index contributed by atoms with van der Waals surface area (Å²) in [6, 6.07) is 0. The average Bonchev–Trinajstić information content (AvgIpc) is 2.00. The molecule has 0 rings (SSSR count). The van der Waals surface area contributed by atoms with Crippen molar-refractivity contribution >= 4 is 0 Å². The van der Waals surface area contributed by atoms with Crippen molar-refractivity contribution in [3.8, 4) is 0 Å². The number of halogens is 1. The fourth-order valence-corrected chi connectivity index (χ4v) is 0.489. The van der Waals surface area contributed by atoms with Gasteiger partial charge in [0.25, 0.3) is 0 Å². The third-order valence-corrected chi connectivity index (χ3v) is 1.08. The van der Waals surface area contributed by atoms with Gasteiger partial charge >= 0.3 is 0 Å². The molecule has 0 aliphatic carbocycles. The molecule has 0 bridgehead atoms. The first-order chi connectivity index (χ1) is 5.57. The Morgan fingerprint density at radius 3 is 2.58 bits per heavy atom. The number of nitro groups is 1. The lowest BCUT2D eigenvalue weighted by Crippen LogP contribution is -1.92. The molecule has 0 radical (unpaired) electrons. The monoisotopic (exact) mass is 171 g/mol. The SMILES string of the molecule is C\C=C/C=C(F)\C=C(/C)[N+](=O)[O-]. The molecule has 0 N–H and O–H groups in total. The third kappa shape index (κ3) is 4.38. The Morgan fingerprint density at radius 2 is 2.17 bits per heavy atom. The van der Waals surface area contributed by atoms with Gasteiger partial charge in [0.2, 0.25) is 5.70 Å². The Kier molecular flexibility index (Phi) is 4.60. The van der Waals surface area contributed by atoms with Crippen molar-refractivity contribution in [3.63, 3.8) is 0 Å². The minimum Gasteiger partial charge on any atom is -0.259 e. The predicted molar refractivity (Wildman–Crippen MR) is 44.8 cm³/mol. The van der Waals surface area contributed by atoms with E-state index in [-0.39, 0.29) is 5.70 Å². The van der Waals surface area contributed by atoms with Crippen LogP contribution >= 0.6 is 0 Å². The topological polar surface area (TPSA) is 43.1 Å². The van der Waals surface area contributed by atoms with E-state index in [0.29, 0.717) is 0 Å². The molecule has 0 aromatic carbocycles. The summed E-state index contributed by atoms with van der Waals surface area (Å²) in [6.07, 6.45) is 5.14. The fourth-order valence-electron chi connectivity index (χ4n) is 0.489. The lowest BCUT2D eigenvalue weighted by atomic mass is 10.3. The fraction of sp³-hybridized carbons (Fsp3) is 0.250. The summed E-state index contributed by atoms with van der Waals surface area (Å²) in [6.45, 7) is 2.97. The maximum absolute atomic E-state index is 12.6. The Balaban J connectivity index is 4.42. The van der Waals surface area contributed by atoms with Crippen molar-refractivity contribution in [2.75, 3.05) is 0 Å².